The van der Waals surface area contributed by atoms with E-state index in [0.717, 1.165) is 17.7 Å². The average Bonchev–Trinajstić information content (AvgIpc) is 2.48. The summed E-state index contributed by atoms with van der Waals surface area (Å²) >= 11 is 0. The number of amides is 2. The molecule has 0 heterocycles. The smallest absolute Gasteiger partial charge is 0.222 e. The van der Waals surface area contributed by atoms with Crippen molar-refractivity contribution in [2.75, 3.05) is 38.8 Å². The van der Waals surface area contributed by atoms with E-state index in [2.05, 4.69) is 10.6 Å². The van der Waals surface area contributed by atoms with Crippen molar-refractivity contribution in [2.24, 2.45) is 0 Å². The van der Waals surface area contributed by atoms with Gasteiger partial charge in [-0.3, -0.25) is 9.59 Å². The number of methoxy groups -OCH3 is 1. The van der Waals surface area contributed by atoms with Crippen molar-refractivity contribution in [2.45, 2.75) is 19.8 Å². The Morgan fingerprint density at radius 2 is 1.82 bits per heavy atom. The van der Waals surface area contributed by atoms with E-state index in [1.807, 2.05) is 24.3 Å². The third-order valence-corrected chi connectivity index (χ3v) is 2.92. The third kappa shape index (κ3) is 8.39. The predicted molar refractivity (Wildman–Crippen MR) is 84.8 cm³/mol. The molecule has 1 aromatic carbocycles. The highest BCUT2D eigenvalue weighted by Crippen LogP contribution is 2.09. The maximum atomic E-state index is 11.6. The van der Waals surface area contributed by atoms with Crippen molar-refractivity contribution in [3.8, 4) is 0 Å². The number of nitrogens with one attached hydrogen (secondary N) is 2. The Labute approximate surface area is 131 Å². The van der Waals surface area contributed by atoms with Gasteiger partial charge >= 0.3 is 0 Å². The minimum absolute atomic E-state index is 0.0210. The van der Waals surface area contributed by atoms with E-state index < -0.39 is 0 Å². The topological polar surface area (TPSA) is 76.7 Å². The lowest BCUT2D eigenvalue weighted by molar-refractivity contribution is -0.122. The van der Waals surface area contributed by atoms with Gasteiger partial charge in [0.05, 0.1) is 19.8 Å². The van der Waals surface area contributed by atoms with Gasteiger partial charge in [0.1, 0.15) is 0 Å². The highest BCUT2D eigenvalue weighted by Gasteiger charge is 2.01. The number of carbonyl (C=O) groups is 2. The number of rotatable bonds is 10. The molecule has 1 aromatic rings. The quantitative estimate of drug-likeness (QED) is 0.640. The number of hydrogen-bond acceptors (Lipinski definition) is 4. The second kappa shape index (κ2) is 10.8. The molecule has 0 aliphatic heterocycles. The average molecular weight is 308 g/mol. The maximum Gasteiger partial charge on any atom is 0.222 e. The standard InChI is InChI=1S/C16H24N2O4/c1-13(19)18-15-5-3-14(4-6-15)7-9-17-16(20)8-10-22-12-11-21-2/h3-6H,7-12H2,1-2H3,(H,17,20)(H,18,19). The van der Waals surface area contributed by atoms with E-state index in [0.29, 0.717) is 32.8 Å². The van der Waals surface area contributed by atoms with Gasteiger partial charge in [0.15, 0.2) is 0 Å². The molecule has 6 nitrogen and oxygen atoms in total. The van der Waals surface area contributed by atoms with Crippen LogP contribution in [-0.2, 0) is 25.5 Å². The van der Waals surface area contributed by atoms with Gasteiger partial charge in [0.2, 0.25) is 11.8 Å². The highest BCUT2D eigenvalue weighted by atomic mass is 16.5. The van der Waals surface area contributed by atoms with Crippen molar-refractivity contribution in [3.63, 3.8) is 0 Å². The van der Waals surface area contributed by atoms with E-state index in [4.69, 9.17) is 9.47 Å². The summed E-state index contributed by atoms with van der Waals surface area (Å²) in [5.41, 5.74) is 1.87. The molecule has 22 heavy (non-hydrogen) atoms. The van der Waals surface area contributed by atoms with Crippen LogP contribution in [0.25, 0.3) is 0 Å². The lowest BCUT2D eigenvalue weighted by Crippen LogP contribution is -2.26. The molecule has 0 radical (unpaired) electrons. The molecule has 6 heteroatoms. The van der Waals surface area contributed by atoms with Crippen LogP contribution < -0.4 is 10.6 Å². The zero-order valence-electron chi connectivity index (χ0n) is 13.2. The second-order valence-corrected chi connectivity index (χ2v) is 4.83. The molecule has 0 fully saturated rings. The molecule has 2 N–H and O–H groups in total. The van der Waals surface area contributed by atoms with E-state index in [9.17, 15) is 9.59 Å². The van der Waals surface area contributed by atoms with Crippen molar-refractivity contribution in [3.05, 3.63) is 29.8 Å². The molecule has 0 saturated carbocycles. The van der Waals surface area contributed by atoms with Gasteiger partial charge in [-0.25, -0.2) is 0 Å². The maximum absolute atomic E-state index is 11.6. The minimum Gasteiger partial charge on any atom is -0.382 e. The fraction of sp³-hybridized carbons (Fsp3) is 0.500. The van der Waals surface area contributed by atoms with E-state index in [1.165, 1.54) is 6.92 Å². The first-order valence-electron chi connectivity index (χ1n) is 7.31. The summed E-state index contributed by atoms with van der Waals surface area (Å²) in [5.74, 6) is -0.111. The Morgan fingerprint density at radius 1 is 1.09 bits per heavy atom. The van der Waals surface area contributed by atoms with Gasteiger partial charge in [-0.2, -0.15) is 0 Å². The van der Waals surface area contributed by atoms with Gasteiger partial charge < -0.3 is 20.1 Å². The summed E-state index contributed by atoms with van der Waals surface area (Å²) in [6, 6.07) is 7.57. The van der Waals surface area contributed by atoms with Crippen molar-refractivity contribution in [1.29, 1.82) is 0 Å². The Bertz CT molecular complexity index is 460. The molecule has 0 atom stereocenters. The molecular formula is C16H24N2O4. The van der Waals surface area contributed by atoms with Gasteiger partial charge in [0.25, 0.3) is 0 Å². The summed E-state index contributed by atoms with van der Waals surface area (Å²) in [6.45, 7) is 3.50. The van der Waals surface area contributed by atoms with Crippen LogP contribution in [0.5, 0.6) is 0 Å². The molecule has 1 rings (SSSR count). The molecule has 0 spiro atoms. The first-order valence-corrected chi connectivity index (χ1v) is 7.31. The van der Waals surface area contributed by atoms with Gasteiger partial charge in [0, 0.05) is 32.7 Å². The summed E-state index contributed by atoms with van der Waals surface area (Å²) in [6.07, 6.45) is 1.10. The molecule has 122 valence electrons. The molecule has 0 aliphatic carbocycles. The number of anilines is 1. The van der Waals surface area contributed by atoms with Crippen LogP contribution in [0, 0.1) is 0 Å². The van der Waals surface area contributed by atoms with Gasteiger partial charge in [-0.05, 0) is 24.1 Å². The van der Waals surface area contributed by atoms with Crippen molar-refractivity contribution in [1.82, 2.24) is 5.32 Å². The minimum atomic E-state index is -0.0901. The van der Waals surface area contributed by atoms with Crippen LogP contribution >= 0.6 is 0 Å². The molecule has 0 saturated heterocycles. The lowest BCUT2D eigenvalue weighted by Gasteiger charge is -2.07. The zero-order chi connectivity index (χ0) is 16.2. The highest BCUT2D eigenvalue weighted by molar-refractivity contribution is 5.88. The normalized spacial score (nSPS) is 10.3. The van der Waals surface area contributed by atoms with E-state index in [1.54, 1.807) is 7.11 Å². The van der Waals surface area contributed by atoms with Crippen LogP contribution in [0.2, 0.25) is 0 Å². The monoisotopic (exact) mass is 308 g/mol. The van der Waals surface area contributed by atoms with Crippen LogP contribution in [0.1, 0.15) is 18.9 Å². The number of ether oxygens (including phenoxy) is 2. The molecule has 0 aliphatic rings. The summed E-state index contributed by atoms with van der Waals surface area (Å²) < 4.78 is 10.1. The Balaban J connectivity index is 2.15. The predicted octanol–water partition coefficient (Wildman–Crippen LogP) is 1.36. The molecule has 2 amide bonds. The Morgan fingerprint density at radius 3 is 2.45 bits per heavy atom. The van der Waals surface area contributed by atoms with E-state index in [-0.39, 0.29) is 11.8 Å². The largest absolute Gasteiger partial charge is 0.382 e. The Kier molecular flexibility index (Phi) is 8.86. The van der Waals surface area contributed by atoms with Crippen molar-refractivity contribution < 1.29 is 19.1 Å². The molecule has 0 aromatic heterocycles. The first-order chi connectivity index (χ1) is 10.6. The zero-order valence-corrected chi connectivity index (χ0v) is 13.2. The SMILES string of the molecule is COCCOCCC(=O)NCCc1ccc(NC(C)=O)cc1. The number of carbonyl (C=O) groups excluding carboxylic acids is 2. The molecular weight excluding hydrogens is 284 g/mol. The first kappa shape index (κ1) is 18.1. The fourth-order valence-electron chi connectivity index (χ4n) is 1.80. The van der Waals surface area contributed by atoms with Crippen LogP contribution in [0.4, 0.5) is 5.69 Å². The van der Waals surface area contributed by atoms with E-state index >= 15 is 0 Å². The van der Waals surface area contributed by atoms with Crippen LogP contribution in [0.3, 0.4) is 0 Å². The molecule has 0 bridgehead atoms. The lowest BCUT2D eigenvalue weighted by atomic mass is 10.1. The number of benzene rings is 1. The van der Waals surface area contributed by atoms with Crippen LogP contribution in [-0.4, -0.2) is 45.3 Å². The summed E-state index contributed by atoms with van der Waals surface area (Å²) in [7, 11) is 1.61. The summed E-state index contributed by atoms with van der Waals surface area (Å²) in [5, 5.41) is 5.56. The fourth-order valence-corrected chi connectivity index (χ4v) is 1.80. The third-order valence-electron chi connectivity index (χ3n) is 2.92. The van der Waals surface area contributed by atoms with Gasteiger partial charge in [-0.1, -0.05) is 12.1 Å². The van der Waals surface area contributed by atoms with Crippen LogP contribution in [0.15, 0.2) is 24.3 Å². The molecule has 0 unspecified atom stereocenters. The number of hydrogen-bond donors (Lipinski definition) is 2. The van der Waals surface area contributed by atoms with Crippen molar-refractivity contribution >= 4 is 17.5 Å². The van der Waals surface area contributed by atoms with Gasteiger partial charge in [-0.15, -0.1) is 0 Å². The Hall–Kier alpha value is -1.92. The summed E-state index contributed by atoms with van der Waals surface area (Å²) in [4.78, 5) is 22.5. The second-order valence-electron chi connectivity index (χ2n) is 4.83.